The summed E-state index contributed by atoms with van der Waals surface area (Å²) >= 11 is 0. The van der Waals surface area contributed by atoms with Crippen molar-refractivity contribution in [2.45, 2.75) is 31.3 Å². The first-order valence-corrected chi connectivity index (χ1v) is 7.06. The summed E-state index contributed by atoms with van der Waals surface area (Å²) < 4.78 is 0. The molecule has 2 amide bonds. The molecule has 0 aromatic rings. The zero-order chi connectivity index (χ0) is 13.8. The third kappa shape index (κ3) is 3.25. The van der Waals surface area contributed by atoms with Gasteiger partial charge in [-0.15, -0.1) is 0 Å². The van der Waals surface area contributed by atoms with Gasteiger partial charge >= 0.3 is 0 Å². The van der Waals surface area contributed by atoms with Crippen molar-refractivity contribution in [1.82, 2.24) is 20.4 Å². The van der Waals surface area contributed by atoms with Gasteiger partial charge in [-0.3, -0.25) is 14.5 Å². The smallest absolute Gasteiger partial charge is 0.240 e. The normalized spacial score (nSPS) is 29.5. The maximum Gasteiger partial charge on any atom is 0.240 e. The van der Waals surface area contributed by atoms with Gasteiger partial charge in [0.1, 0.15) is 6.04 Å². The Morgan fingerprint density at radius 1 is 1.32 bits per heavy atom. The van der Waals surface area contributed by atoms with Crippen molar-refractivity contribution in [3.8, 4) is 0 Å². The lowest BCUT2D eigenvalue weighted by molar-refractivity contribution is -0.139. The summed E-state index contributed by atoms with van der Waals surface area (Å²) in [5, 5.41) is 6.20. The summed E-state index contributed by atoms with van der Waals surface area (Å²) in [4.78, 5) is 28.1. The van der Waals surface area contributed by atoms with Crippen LogP contribution in [0.3, 0.4) is 0 Å². The molecular formula is C13H24N4O2. The van der Waals surface area contributed by atoms with E-state index in [1.165, 1.54) is 0 Å². The van der Waals surface area contributed by atoms with Crippen LogP contribution in [-0.4, -0.2) is 74.0 Å². The number of carbonyl (C=O) groups is 2. The molecule has 19 heavy (non-hydrogen) atoms. The molecule has 2 heterocycles. The average Bonchev–Trinajstić information content (AvgIpc) is 2.62. The standard InChI is InChI=1S/C13H24N4O2/c1-16(2)13(19)11-9-14-7-8-17(11)10-5-3-4-6-15-12(10)18/h10-11,14H,3-9H2,1-2H3,(H,15,18). The highest BCUT2D eigenvalue weighted by atomic mass is 16.2. The fourth-order valence-corrected chi connectivity index (χ4v) is 2.86. The minimum Gasteiger partial charge on any atom is -0.355 e. The molecule has 6 nitrogen and oxygen atoms in total. The number of hydrogen-bond acceptors (Lipinski definition) is 4. The molecule has 0 aromatic heterocycles. The molecule has 0 aliphatic carbocycles. The number of nitrogens with zero attached hydrogens (tertiary/aromatic N) is 2. The quantitative estimate of drug-likeness (QED) is 0.675. The highest BCUT2D eigenvalue weighted by molar-refractivity contribution is 5.85. The highest BCUT2D eigenvalue weighted by Gasteiger charge is 2.37. The van der Waals surface area contributed by atoms with Crippen LogP contribution >= 0.6 is 0 Å². The van der Waals surface area contributed by atoms with E-state index in [2.05, 4.69) is 15.5 Å². The van der Waals surface area contributed by atoms with Crippen LogP contribution in [0.5, 0.6) is 0 Å². The zero-order valence-corrected chi connectivity index (χ0v) is 11.8. The molecule has 0 aromatic carbocycles. The van der Waals surface area contributed by atoms with Crippen molar-refractivity contribution in [1.29, 1.82) is 0 Å². The number of carbonyl (C=O) groups excluding carboxylic acids is 2. The molecule has 2 unspecified atom stereocenters. The largest absolute Gasteiger partial charge is 0.355 e. The van der Waals surface area contributed by atoms with Gasteiger partial charge in [0.15, 0.2) is 0 Å². The van der Waals surface area contributed by atoms with Crippen molar-refractivity contribution in [3.05, 3.63) is 0 Å². The first-order valence-electron chi connectivity index (χ1n) is 7.06. The molecule has 0 bridgehead atoms. The predicted molar refractivity (Wildman–Crippen MR) is 72.7 cm³/mol. The lowest BCUT2D eigenvalue weighted by Gasteiger charge is -2.40. The second kappa shape index (κ2) is 6.34. The van der Waals surface area contributed by atoms with E-state index in [-0.39, 0.29) is 23.9 Å². The fraction of sp³-hybridized carbons (Fsp3) is 0.846. The molecule has 2 fully saturated rings. The minimum absolute atomic E-state index is 0.0734. The third-order valence-corrected chi connectivity index (χ3v) is 3.92. The van der Waals surface area contributed by atoms with Crippen LogP contribution in [0.4, 0.5) is 0 Å². The Morgan fingerprint density at radius 3 is 2.84 bits per heavy atom. The van der Waals surface area contributed by atoms with Crippen molar-refractivity contribution < 1.29 is 9.59 Å². The fourth-order valence-electron chi connectivity index (χ4n) is 2.86. The lowest BCUT2D eigenvalue weighted by atomic mass is 10.0. The van der Waals surface area contributed by atoms with E-state index in [0.717, 1.165) is 38.9 Å². The molecule has 2 aliphatic rings. The molecule has 2 aliphatic heterocycles. The number of amides is 2. The highest BCUT2D eigenvalue weighted by Crippen LogP contribution is 2.17. The number of nitrogens with one attached hydrogen (secondary N) is 2. The maximum atomic E-state index is 12.3. The van der Waals surface area contributed by atoms with E-state index in [9.17, 15) is 9.59 Å². The SMILES string of the molecule is CN(C)C(=O)C1CNCCN1C1CCCCNC1=O. The molecular weight excluding hydrogens is 244 g/mol. The van der Waals surface area contributed by atoms with Gasteiger partial charge in [-0.25, -0.2) is 0 Å². The minimum atomic E-state index is -0.224. The summed E-state index contributed by atoms with van der Waals surface area (Å²) in [7, 11) is 3.53. The Bertz CT molecular complexity index is 344. The first-order chi connectivity index (χ1) is 9.11. The summed E-state index contributed by atoms with van der Waals surface area (Å²) in [5.41, 5.74) is 0. The Kier molecular flexibility index (Phi) is 4.76. The van der Waals surface area contributed by atoms with E-state index in [0.29, 0.717) is 6.54 Å². The van der Waals surface area contributed by atoms with Crippen LogP contribution < -0.4 is 10.6 Å². The van der Waals surface area contributed by atoms with Gasteiger partial charge in [-0.2, -0.15) is 0 Å². The zero-order valence-electron chi connectivity index (χ0n) is 11.8. The van der Waals surface area contributed by atoms with Gasteiger partial charge < -0.3 is 15.5 Å². The second-order valence-electron chi connectivity index (χ2n) is 5.49. The molecule has 2 N–H and O–H groups in total. The Balaban J connectivity index is 2.13. The van der Waals surface area contributed by atoms with E-state index >= 15 is 0 Å². The Hall–Kier alpha value is -1.14. The van der Waals surface area contributed by atoms with Crippen LogP contribution in [0.25, 0.3) is 0 Å². The van der Waals surface area contributed by atoms with Gasteiger partial charge in [0, 0.05) is 40.3 Å². The molecule has 2 rings (SSSR count). The molecule has 2 saturated heterocycles. The molecule has 2 atom stereocenters. The van der Waals surface area contributed by atoms with Gasteiger partial charge in [0.2, 0.25) is 11.8 Å². The Labute approximate surface area is 114 Å². The van der Waals surface area contributed by atoms with E-state index in [1.54, 1.807) is 19.0 Å². The third-order valence-electron chi connectivity index (χ3n) is 3.92. The van der Waals surface area contributed by atoms with Crippen LogP contribution in [-0.2, 0) is 9.59 Å². The average molecular weight is 268 g/mol. The van der Waals surface area contributed by atoms with E-state index in [4.69, 9.17) is 0 Å². The molecule has 6 heteroatoms. The van der Waals surface area contributed by atoms with Crippen molar-refractivity contribution >= 4 is 11.8 Å². The van der Waals surface area contributed by atoms with Crippen molar-refractivity contribution in [2.75, 3.05) is 40.3 Å². The summed E-state index contributed by atoms with van der Waals surface area (Å²) in [6, 6.07) is -0.379. The van der Waals surface area contributed by atoms with Gasteiger partial charge in [-0.05, 0) is 19.3 Å². The molecule has 0 spiro atoms. The van der Waals surface area contributed by atoms with Crippen molar-refractivity contribution in [2.24, 2.45) is 0 Å². The second-order valence-corrected chi connectivity index (χ2v) is 5.49. The van der Waals surface area contributed by atoms with E-state index in [1.807, 2.05) is 0 Å². The summed E-state index contributed by atoms with van der Waals surface area (Å²) in [6.07, 6.45) is 2.92. The number of hydrogen-bond donors (Lipinski definition) is 2. The summed E-state index contributed by atoms with van der Waals surface area (Å²) in [6.45, 7) is 2.97. The van der Waals surface area contributed by atoms with Crippen LogP contribution in [0, 0.1) is 0 Å². The number of likely N-dealkylation sites (N-methyl/N-ethyl adjacent to an activating group) is 1. The van der Waals surface area contributed by atoms with Gasteiger partial charge in [0.25, 0.3) is 0 Å². The van der Waals surface area contributed by atoms with E-state index < -0.39 is 0 Å². The Morgan fingerprint density at radius 2 is 2.11 bits per heavy atom. The maximum absolute atomic E-state index is 12.3. The van der Waals surface area contributed by atoms with Gasteiger partial charge in [0.05, 0.1) is 6.04 Å². The monoisotopic (exact) mass is 268 g/mol. The lowest BCUT2D eigenvalue weighted by Crippen LogP contribution is -2.62. The first kappa shape index (κ1) is 14.3. The number of piperazine rings is 1. The molecule has 0 saturated carbocycles. The number of rotatable bonds is 2. The molecule has 0 radical (unpaired) electrons. The van der Waals surface area contributed by atoms with Crippen LogP contribution in [0.2, 0.25) is 0 Å². The predicted octanol–water partition coefficient (Wildman–Crippen LogP) is -0.983. The van der Waals surface area contributed by atoms with Crippen molar-refractivity contribution in [3.63, 3.8) is 0 Å². The topological polar surface area (TPSA) is 64.7 Å². The molecule has 108 valence electrons. The van der Waals surface area contributed by atoms with Gasteiger partial charge in [-0.1, -0.05) is 0 Å². The van der Waals surface area contributed by atoms with Crippen LogP contribution in [0.15, 0.2) is 0 Å². The summed E-state index contributed by atoms with van der Waals surface area (Å²) in [5.74, 6) is 0.153. The van der Waals surface area contributed by atoms with Crippen LogP contribution in [0.1, 0.15) is 19.3 Å².